The number of likely N-dealkylation sites (tertiary alicyclic amines) is 1. The number of hydrogen-bond acceptors (Lipinski definition) is 2. The fraction of sp³-hybridized carbons (Fsp3) is 0.727. The third kappa shape index (κ3) is 3.31. The van der Waals surface area contributed by atoms with Crippen LogP contribution in [0.2, 0.25) is 0 Å². The Kier molecular flexibility index (Phi) is 4.16. The largest absolute Gasteiger partial charge is 0.299 e. The highest BCUT2D eigenvalue weighted by Gasteiger charge is 2.12. The van der Waals surface area contributed by atoms with Crippen LogP contribution in [0, 0.1) is 0 Å². The zero-order valence-electron chi connectivity index (χ0n) is 8.68. The SMILES string of the molecule is CC=C(CN1CCCCC1)C(C)=O. The van der Waals surface area contributed by atoms with E-state index in [4.69, 9.17) is 0 Å². The first-order chi connectivity index (χ1) is 6.24. The van der Waals surface area contributed by atoms with Gasteiger partial charge in [0.2, 0.25) is 0 Å². The number of nitrogens with zero attached hydrogens (tertiary/aromatic N) is 1. The maximum Gasteiger partial charge on any atom is 0.156 e. The molecule has 1 aliphatic rings. The van der Waals surface area contributed by atoms with Crippen molar-refractivity contribution in [1.82, 2.24) is 4.90 Å². The predicted molar refractivity (Wildman–Crippen MR) is 54.7 cm³/mol. The Morgan fingerprint density at radius 3 is 2.38 bits per heavy atom. The number of rotatable bonds is 3. The third-order valence-electron chi connectivity index (χ3n) is 2.64. The van der Waals surface area contributed by atoms with Crippen LogP contribution in [0.3, 0.4) is 0 Å². The highest BCUT2D eigenvalue weighted by atomic mass is 16.1. The molecule has 1 heterocycles. The first kappa shape index (κ1) is 10.5. The van der Waals surface area contributed by atoms with Crippen LogP contribution >= 0.6 is 0 Å². The molecule has 0 aliphatic carbocycles. The maximum atomic E-state index is 11.2. The molecule has 0 aromatic heterocycles. The molecule has 1 aliphatic heterocycles. The number of carbonyl (C=O) groups excluding carboxylic acids is 1. The van der Waals surface area contributed by atoms with Crippen molar-refractivity contribution < 1.29 is 4.79 Å². The second kappa shape index (κ2) is 5.18. The van der Waals surface area contributed by atoms with Gasteiger partial charge in [-0.05, 0) is 39.8 Å². The number of carbonyl (C=O) groups is 1. The summed E-state index contributed by atoms with van der Waals surface area (Å²) in [5.74, 6) is 0.216. The van der Waals surface area contributed by atoms with E-state index in [-0.39, 0.29) is 5.78 Å². The third-order valence-corrected chi connectivity index (χ3v) is 2.64. The van der Waals surface area contributed by atoms with Crippen molar-refractivity contribution in [2.75, 3.05) is 19.6 Å². The van der Waals surface area contributed by atoms with Crippen molar-refractivity contribution in [3.8, 4) is 0 Å². The lowest BCUT2D eigenvalue weighted by atomic mass is 10.1. The molecule has 0 atom stereocenters. The molecule has 0 radical (unpaired) electrons. The van der Waals surface area contributed by atoms with E-state index in [1.165, 1.54) is 19.3 Å². The molecule has 0 unspecified atom stereocenters. The van der Waals surface area contributed by atoms with Gasteiger partial charge in [-0.15, -0.1) is 0 Å². The van der Waals surface area contributed by atoms with Crippen molar-refractivity contribution >= 4 is 5.78 Å². The Labute approximate surface area is 80.6 Å². The molecule has 2 nitrogen and oxygen atoms in total. The van der Waals surface area contributed by atoms with E-state index in [0.29, 0.717) is 0 Å². The molecule has 0 N–H and O–H groups in total. The van der Waals surface area contributed by atoms with E-state index in [1.54, 1.807) is 6.92 Å². The highest BCUT2D eigenvalue weighted by molar-refractivity contribution is 5.93. The first-order valence-electron chi connectivity index (χ1n) is 5.12. The van der Waals surface area contributed by atoms with Crippen molar-refractivity contribution in [3.63, 3.8) is 0 Å². The molecule has 0 amide bonds. The predicted octanol–water partition coefficient (Wildman–Crippen LogP) is 2.01. The smallest absolute Gasteiger partial charge is 0.156 e. The zero-order valence-corrected chi connectivity index (χ0v) is 8.68. The first-order valence-corrected chi connectivity index (χ1v) is 5.12. The van der Waals surface area contributed by atoms with Crippen molar-refractivity contribution in [3.05, 3.63) is 11.6 Å². The Bertz CT molecular complexity index is 202. The van der Waals surface area contributed by atoms with Crippen LogP contribution in [-0.2, 0) is 4.79 Å². The summed E-state index contributed by atoms with van der Waals surface area (Å²) in [5.41, 5.74) is 0.960. The lowest BCUT2D eigenvalue weighted by Gasteiger charge is -2.26. The summed E-state index contributed by atoms with van der Waals surface area (Å²) < 4.78 is 0. The van der Waals surface area contributed by atoms with E-state index in [1.807, 2.05) is 13.0 Å². The summed E-state index contributed by atoms with van der Waals surface area (Å²) in [5, 5.41) is 0. The molecule has 74 valence electrons. The fourth-order valence-corrected chi connectivity index (χ4v) is 1.76. The summed E-state index contributed by atoms with van der Waals surface area (Å²) in [6.07, 6.45) is 5.86. The molecule has 0 saturated carbocycles. The number of piperidine rings is 1. The Hall–Kier alpha value is -0.630. The number of hydrogen-bond donors (Lipinski definition) is 0. The van der Waals surface area contributed by atoms with Crippen LogP contribution in [0.5, 0.6) is 0 Å². The molecular weight excluding hydrogens is 162 g/mol. The van der Waals surface area contributed by atoms with Gasteiger partial charge in [-0.2, -0.15) is 0 Å². The van der Waals surface area contributed by atoms with Crippen molar-refractivity contribution in [2.45, 2.75) is 33.1 Å². The van der Waals surface area contributed by atoms with Crippen LogP contribution < -0.4 is 0 Å². The van der Waals surface area contributed by atoms with Gasteiger partial charge in [0.25, 0.3) is 0 Å². The number of ketones is 1. The second-order valence-electron chi connectivity index (χ2n) is 3.71. The summed E-state index contributed by atoms with van der Waals surface area (Å²) in [7, 11) is 0. The molecule has 1 saturated heterocycles. The van der Waals surface area contributed by atoms with Gasteiger partial charge in [0, 0.05) is 12.1 Å². The topological polar surface area (TPSA) is 20.3 Å². The average Bonchev–Trinajstić information content (AvgIpc) is 2.15. The highest BCUT2D eigenvalue weighted by Crippen LogP contribution is 2.10. The van der Waals surface area contributed by atoms with Gasteiger partial charge < -0.3 is 0 Å². The van der Waals surface area contributed by atoms with Gasteiger partial charge in [0.1, 0.15) is 0 Å². The van der Waals surface area contributed by atoms with E-state index in [2.05, 4.69) is 4.90 Å². The van der Waals surface area contributed by atoms with Crippen molar-refractivity contribution in [1.29, 1.82) is 0 Å². The molecule has 0 aromatic rings. The summed E-state index contributed by atoms with van der Waals surface area (Å²) in [4.78, 5) is 13.5. The standard InChI is InChI=1S/C11H19NO/c1-3-11(10(2)13)9-12-7-5-4-6-8-12/h3H,4-9H2,1-2H3. The van der Waals surface area contributed by atoms with E-state index >= 15 is 0 Å². The Morgan fingerprint density at radius 1 is 1.31 bits per heavy atom. The van der Waals surface area contributed by atoms with Gasteiger partial charge in [-0.3, -0.25) is 9.69 Å². The van der Waals surface area contributed by atoms with E-state index in [9.17, 15) is 4.79 Å². The monoisotopic (exact) mass is 181 g/mol. The van der Waals surface area contributed by atoms with E-state index in [0.717, 1.165) is 25.2 Å². The van der Waals surface area contributed by atoms with Crippen molar-refractivity contribution in [2.24, 2.45) is 0 Å². The fourth-order valence-electron chi connectivity index (χ4n) is 1.76. The summed E-state index contributed by atoms with van der Waals surface area (Å²) >= 11 is 0. The molecule has 0 bridgehead atoms. The van der Waals surface area contributed by atoms with Gasteiger partial charge in [-0.1, -0.05) is 12.5 Å². The average molecular weight is 181 g/mol. The van der Waals surface area contributed by atoms with E-state index < -0.39 is 0 Å². The van der Waals surface area contributed by atoms with Gasteiger partial charge >= 0.3 is 0 Å². The van der Waals surface area contributed by atoms with Crippen LogP contribution in [0.15, 0.2) is 11.6 Å². The van der Waals surface area contributed by atoms with Gasteiger partial charge in [0.05, 0.1) is 0 Å². The van der Waals surface area contributed by atoms with Crippen LogP contribution in [0.1, 0.15) is 33.1 Å². The molecule has 1 fully saturated rings. The normalized spacial score (nSPS) is 20.3. The van der Waals surface area contributed by atoms with Crippen LogP contribution in [-0.4, -0.2) is 30.3 Å². The second-order valence-corrected chi connectivity index (χ2v) is 3.71. The lowest BCUT2D eigenvalue weighted by molar-refractivity contribution is -0.113. The minimum atomic E-state index is 0.216. The minimum Gasteiger partial charge on any atom is -0.299 e. The number of Topliss-reactive ketones (excluding diaryl/α,β-unsaturated/α-hetero) is 1. The quantitative estimate of drug-likeness (QED) is 0.621. The Balaban J connectivity index is 2.41. The number of allylic oxidation sites excluding steroid dienone is 1. The molecule has 0 spiro atoms. The maximum absolute atomic E-state index is 11.2. The molecular formula is C11H19NO. The lowest BCUT2D eigenvalue weighted by Crippen LogP contribution is -2.32. The zero-order chi connectivity index (χ0) is 9.68. The molecule has 13 heavy (non-hydrogen) atoms. The van der Waals surface area contributed by atoms with Gasteiger partial charge in [0.15, 0.2) is 5.78 Å². The van der Waals surface area contributed by atoms with Crippen LogP contribution in [0.4, 0.5) is 0 Å². The van der Waals surface area contributed by atoms with Gasteiger partial charge in [-0.25, -0.2) is 0 Å². The van der Waals surface area contributed by atoms with Crippen LogP contribution in [0.25, 0.3) is 0 Å². The Morgan fingerprint density at radius 2 is 1.92 bits per heavy atom. The minimum absolute atomic E-state index is 0.216. The molecule has 1 rings (SSSR count). The molecule has 0 aromatic carbocycles. The summed E-state index contributed by atoms with van der Waals surface area (Å²) in [6.45, 7) is 6.76. The molecule has 2 heteroatoms. The summed E-state index contributed by atoms with van der Waals surface area (Å²) in [6, 6.07) is 0.